The van der Waals surface area contributed by atoms with Gasteiger partial charge in [0.1, 0.15) is 26.4 Å². The summed E-state index contributed by atoms with van der Waals surface area (Å²) in [5.74, 6) is 0.0880. The van der Waals surface area contributed by atoms with Crippen LogP contribution in [-0.4, -0.2) is 19.0 Å². The van der Waals surface area contributed by atoms with Crippen molar-refractivity contribution in [1.29, 1.82) is 0 Å². The van der Waals surface area contributed by atoms with Crippen molar-refractivity contribution >= 4 is 11.9 Å². The van der Waals surface area contributed by atoms with Crippen LogP contribution in [0.25, 0.3) is 0 Å². The summed E-state index contributed by atoms with van der Waals surface area (Å²) in [5, 5.41) is 0. The van der Waals surface area contributed by atoms with Gasteiger partial charge in [-0.2, -0.15) is 0 Å². The maximum absolute atomic E-state index is 13.3. The molecule has 7 heteroatoms. The van der Waals surface area contributed by atoms with E-state index in [0.717, 1.165) is 22.3 Å². The van der Waals surface area contributed by atoms with E-state index in [0.29, 0.717) is 22.8 Å². The highest BCUT2D eigenvalue weighted by atomic mass is 16.5. The van der Waals surface area contributed by atoms with Gasteiger partial charge in [0, 0.05) is 0 Å². The van der Waals surface area contributed by atoms with Gasteiger partial charge in [-0.15, -0.1) is 0 Å². The van der Waals surface area contributed by atoms with Crippen LogP contribution in [0.3, 0.4) is 0 Å². The van der Waals surface area contributed by atoms with Crippen LogP contribution in [0.5, 0.6) is 17.2 Å². The fourth-order valence-corrected chi connectivity index (χ4v) is 4.34. The maximum atomic E-state index is 13.3. The lowest BCUT2D eigenvalue weighted by Crippen LogP contribution is -2.09. The van der Waals surface area contributed by atoms with Crippen LogP contribution in [0, 0.1) is 0 Å². The van der Waals surface area contributed by atoms with E-state index >= 15 is 0 Å². The quantitative estimate of drug-likeness (QED) is 0.131. The molecule has 44 heavy (non-hydrogen) atoms. The van der Waals surface area contributed by atoms with Gasteiger partial charge >= 0.3 is 11.9 Å². The monoisotopic (exact) mass is 588 g/mol. The Morgan fingerprint density at radius 3 is 1.36 bits per heavy atom. The highest BCUT2D eigenvalue weighted by Gasteiger charge is 2.21. The molecule has 5 aromatic carbocycles. The number of ether oxygens (including phenoxy) is 5. The summed E-state index contributed by atoms with van der Waals surface area (Å²) in [6, 6.07) is 39.1. The summed E-state index contributed by atoms with van der Waals surface area (Å²) < 4.78 is 29.2. The summed E-state index contributed by atoms with van der Waals surface area (Å²) >= 11 is 0. The topological polar surface area (TPSA) is 80.3 Å². The molecule has 0 saturated carbocycles. The highest BCUT2D eigenvalue weighted by molar-refractivity contribution is 5.91. The maximum Gasteiger partial charge on any atom is 0.338 e. The number of esters is 2. The molecular weight excluding hydrogens is 556 g/mol. The number of hydrogen-bond donors (Lipinski definition) is 0. The molecule has 222 valence electrons. The summed E-state index contributed by atoms with van der Waals surface area (Å²) in [6.45, 7) is 0.792. The first-order valence-electron chi connectivity index (χ1n) is 14.1. The summed E-state index contributed by atoms with van der Waals surface area (Å²) in [7, 11) is 1.33. The lowest BCUT2D eigenvalue weighted by atomic mass is 10.1. The van der Waals surface area contributed by atoms with E-state index < -0.39 is 11.9 Å². The summed E-state index contributed by atoms with van der Waals surface area (Å²) in [4.78, 5) is 25.1. The first-order valence-corrected chi connectivity index (χ1v) is 14.1. The summed E-state index contributed by atoms with van der Waals surface area (Å²) in [5.41, 5.74) is 4.25. The van der Waals surface area contributed by atoms with Crippen molar-refractivity contribution in [3.8, 4) is 17.2 Å². The van der Waals surface area contributed by atoms with Crippen LogP contribution in [0.2, 0.25) is 0 Å². The van der Waals surface area contributed by atoms with Crippen LogP contribution in [-0.2, 0) is 35.9 Å². The van der Waals surface area contributed by atoms with Crippen molar-refractivity contribution in [3.05, 3.63) is 161 Å². The largest absolute Gasteiger partial charge is 0.485 e. The van der Waals surface area contributed by atoms with Gasteiger partial charge in [-0.1, -0.05) is 103 Å². The number of benzene rings is 5. The van der Waals surface area contributed by atoms with Crippen molar-refractivity contribution in [1.82, 2.24) is 0 Å². The van der Waals surface area contributed by atoms with Crippen molar-refractivity contribution < 1.29 is 33.3 Å². The normalized spacial score (nSPS) is 10.5. The molecule has 0 heterocycles. The zero-order valence-electron chi connectivity index (χ0n) is 24.3. The third-order valence-electron chi connectivity index (χ3n) is 6.70. The fraction of sp³-hybridized carbons (Fsp3) is 0.135. The number of carbonyl (C=O) groups is 2. The lowest BCUT2D eigenvalue weighted by Gasteiger charge is -2.19. The smallest absolute Gasteiger partial charge is 0.338 e. The zero-order valence-corrected chi connectivity index (χ0v) is 24.3. The molecule has 0 unspecified atom stereocenters. The molecule has 0 fully saturated rings. The molecule has 0 amide bonds. The molecule has 0 aliphatic carbocycles. The van der Waals surface area contributed by atoms with E-state index in [1.54, 1.807) is 36.4 Å². The van der Waals surface area contributed by atoms with Crippen LogP contribution >= 0.6 is 0 Å². The molecule has 5 rings (SSSR count). The molecule has 0 aliphatic heterocycles. The molecule has 0 spiro atoms. The van der Waals surface area contributed by atoms with Crippen molar-refractivity contribution in [2.45, 2.75) is 26.4 Å². The first kappa shape index (κ1) is 29.9. The van der Waals surface area contributed by atoms with E-state index in [1.165, 1.54) is 7.11 Å². The Bertz CT molecular complexity index is 1590. The third-order valence-corrected chi connectivity index (χ3v) is 6.70. The van der Waals surface area contributed by atoms with E-state index in [-0.39, 0.29) is 32.0 Å². The van der Waals surface area contributed by atoms with Crippen LogP contribution in [0.4, 0.5) is 0 Å². The molecule has 0 N–H and O–H groups in total. The number of carbonyl (C=O) groups excluding carboxylic acids is 2. The van der Waals surface area contributed by atoms with Gasteiger partial charge in [0.05, 0.1) is 18.2 Å². The molecular formula is C37H32O7. The SMILES string of the molecule is COC(=O)c1ccc(COC(=O)c2cc(OCc3ccccc3)c(OCc3ccccc3)c(OCc3ccccc3)c2)cc1. The molecule has 0 aliphatic rings. The molecule has 0 radical (unpaired) electrons. The fourth-order valence-electron chi connectivity index (χ4n) is 4.34. The second kappa shape index (κ2) is 15.1. The van der Waals surface area contributed by atoms with Crippen molar-refractivity contribution in [3.63, 3.8) is 0 Å². The first-order chi connectivity index (χ1) is 21.6. The van der Waals surface area contributed by atoms with E-state index in [9.17, 15) is 9.59 Å². The average molecular weight is 589 g/mol. The molecule has 0 saturated heterocycles. The molecule has 7 nitrogen and oxygen atoms in total. The van der Waals surface area contributed by atoms with Gasteiger partial charge in [0.15, 0.2) is 11.5 Å². The summed E-state index contributed by atoms with van der Waals surface area (Å²) in [6.07, 6.45) is 0. The van der Waals surface area contributed by atoms with Gasteiger partial charge < -0.3 is 23.7 Å². The Morgan fingerprint density at radius 2 is 0.909 bits per heavy atom. The van der Waals surface area contributed by atoms with E-state index in [4.69, 9.17) is 23.7 Å². The Labute approximate surface area is 256 Å². The number of hydrogen-bond acceptors (Lipinski definition) is 7. The van der Waals surface area contributed by atoms with Crippen LogP contribution < -0.4 is 14.2 Å². The molecule has 0 bridgehead atoms. The van der Waals surface area contributed by atoms with Crippen molar-refractivity contribution in [2.24, 2.45) is 0 Å². The third kappa shape index (κ3) is 8.26. The zero-order chi connectivity index (χ0) is 30.6. The number of methoxy groups -OCH3 is 1. The predicted molar refractivity (Wildman–Crippen MR) is 166 cm³/mol. The Balaban J connectivity index is 1.43. The van der Waals surface area contributed by atoms with Gasteiger partial charge in [-0.3, -0.25) is 0 Å². The second-order valence-electron chi connectivity index (χ2n) is 9.89. The van der Waals surface area contributed by atoms with Crippen LogP contribution in [0.1, 0.15) is 43.0 Å². The van der Waals surface area contributed by atoms with Gasteiger partial charge in [-0.25, -0.2) is 9.59 Å². The van der Waals surface area contributed by atoms with Crippen LogP contribution in [0.15, 0.2) is 127 Å². The standard InChI is InChI=1S/C37H32O7/c1-40-36(38)31-19-17-30(18-20-31)26-44-37(39)32-21-33(41-23-27-11-5-2-6-12-27)35(43-25-29-15-9-4-10-16-29)34(22-32)42-24-28-13-7-3-8-14-28/h2-22H,23-26H2,1H3. The molecule has 0 aromatic heterocycles. The lowest BCUT2D eigenvalue weighted by molar-refractivity contribution is 0.0470. The van der Waals surface area contributed by atoms with Gasteiger partial charge in [0.2, 0.25) is 5.75 Å². The minimum Gasteiger partial charge on any atom is -0.485 e. The predicted octanol–water partition coefficient (Wildman–Crippen LogP) is 7.57. The molecule has 5 aromatic rings. The average Bonchev–Trinajstić information content (AvgIpc) is 3.09. The Morgan fingerprint density at radius 1 is 0.477 bits per heavy atom. The van der Waals surface area contributed by atoms with E-state index in [2.05, 4.69) is 0 Å². The minimum atomic E-state index is -0.564. The highest BCUT2D eigenvalue weighted by Crippen LogP contribution is 2.40. The minimum absolute atomic E-state index is 0.00690. The van der Waals surface area contributed by atoms with Gasteiger partial charge in [0.25, 0.3) is 0 Å². The van der Waals surface area contributed by atoms with Gasteiger partial charge in [-0.05, 0) is 46.5 Å². The second-order valence-corrected chi connectivity index (χ2v) is 9.89. The molecule has 0 atom stereocenters. The Kier molecular flexibility index (Phi) is 10.2. The van der Waals surface area contributed by atoms with Crippen molar-refractivity contribution in [2.75, 3.05) is 7.11 Å². The van der Waals surface area contributed by atoms with E-state index in [1.807, 2.05) is 91.0 Å². The Hall–Kier alpha value is -5.56. The number of rotatable bonds is 13.